The van der Waals surface area contributed by atoms with E-state index in [-0.39, 0.29) is 0 Å². The molecule has 0 nitrogen and oxygen atoms in total. The molecule has 0 aromatic carbocycles. The van der Waals surface area contributed by atoms with Gasteiger partial charge in [0.1, 0.15) is 0 Å². The molecule has 0 heterocycles. The summed E-state index contributed by atoms with van der Waals surface area (Å²) in [6, 6.07) is 0. The van der Waals surface area contributed by atoms with Gasteiger partial charge in [0.05, 0.1) is 0 Å². The molecule has 0 N–H and O–H groups in total. The second-order valence-electron chi connectivity index (χ2n) is 6.13. The van der Waals surface area contributed by atoms with Crippen molar-refractivity contribution in [1.82, 2.24) is 0 Å². The minimum atomic E-state index is -1.86. The van der Waals surface area contributed by atoms with Crippen LogP contribution in [-0.2, 0) is 0 Å². The van der Waals surface area contributed by atoms with Gasteiger partial charge in [0.25, 0.3) is 0 Å². The van der Waals surface area contributed by atoms with Crippen molar-refractivity contribution in [3.05, 3.63) is 0 Å². The molecule has 2 heteroatoms. The molecule has 0 bridgehead atoms. The van der Waals surface area contributed by atoms with Crippen LogP contribution >= 0.6 is 17.2 Å². The fourth-order valence-electron chi connectivity index (χ4n) is 3.46. The average Bonchev–Trinajstić information content (AvgIpc) is 2.30. The number of hydrogen-bond donors (Lipinski definition) is 0. The maximum atomic E-state index is 7.34. The van der Waals surface area contributed by atoms with Gasteiger partial charge in [0.2, 0.25) is 0 Å². The molecule has 112 valence electrons. The van der Waals surface area contributed by atoms with Gasteiger partial charge < -0.3 is 0 Å². The molecule has 0 atom stereocenters. The third-order valence-corrected chi connectivity index (χ3v) is 12.3. The summed E-state index contributed by atoms with van der Waals surface area (Å²) < 4.78 is 0. The molecule has 0 aliphatic heterocycles. The van der Waals surface area contributed by atoms with Gasteiger partial charge in [0, 0.05) is 0 Å². The van der Waals surface area contributed by atoms with Crippen LogP contribution in [0.1, 0.15) is 79.1 Å². The van der Waals surface area contributed by atoms with E-state index in [1.165, 1.54) is 76.0 Å². The average molecular weight is 295 g/mol. The molecular formula is C16H36ClP. The standard InChI is InChI=1S/C16H36ClP/c1-5-9-10-11-12-16-18(17,13-6-2,14-7-3)15-8-4/h5-16H2,1-4H3. The molecule has 0 spiro atoms. The first kappa shape index (κ1) is 18.7. The van der Waals surface area contributed by atoms with Crippen molar-refractivity contribution in [3.63, 3.8) is 0 Å². The molecule has 0 saturated heterocycles. The molecule has 0 aliphatic carbocycles. The molecule has 0 rings (SSSR count). The van der Waals surface area contributed by atoms with Crippen LogP contribution in [0.15, 0.2) is 0 Å². The monoisotopic (exact) mass is 294 g/mol. The van der Waals surface area contributed by atoms with Crippen molar-refractivity contribution >= 4 is 17.2 Å². The Hall–Kier alpha value is 0.720. The van der Waals surface area contributed by atoms with Gasteiger partial charge in [0.15, 0.2) is 0 Å². The van der Waals surface area contributed by atoms with Crippen LogP contribution in [0.25, 0.3) is 0 Å². The molecule has 0 aromatic rings. The van der Waals surface area contributed by atoms with Gasteiger partial charge in [-0.2, -0.15) is 0 Å². The van der Waals surface area contributed by atoms with E-state index in [0.717, 1.165) is 0 Å². The first-order valence-corrected chi connectivity index (χ1v) is 12.1. The molecule has 0 radical (unpaired) electrons. The second-order valence-corrected chi connectivity index (χ2v) is 14.4. The zero-order valence-electron chi connectivity index (χ0n) is 13.3. The SMILES string of the molecule is CCCCCCCP(Cl)(CCC)(CCC)CCC. The van der Waals surface area contributed by atoms with E-state index in [4.69, 9.17) is 11.2 Å². The molecule has 0 fully saturated rings. The second kappa shape index (κ2) is 9.60. The number of unbranched alkanes of at least 4 members (excludes halogenated alkanes) is 4. The normalized spacial score (nSPS) is 14.4. The first-order valence-electron chi connectivity index (χ1n) is 8.26. The van der Waals surface area contributed by atoms with E-state index in [1.807, 2.05) is 0 Å². The van der Waals surface area contributed by atoms with Gasteiger partial charge in [-0.15, -0.1) is 0 Å². The van der Waals surface area contributed by atoms with Gasteiger partial charge in [-0.25, -0.2) is 0 Å². The van der Waals surface area contributed by atoms with E-state index in [0.29, 0.717) is 0 Å². The van der Waals surface area contributed by atoms with E-state index < -0.39 is 5.96 Å². The summed E-state index contributed by atoms with van der Waals surface area (Å²) in [7, 11) is 0. The predicted molar refractivity (Wildman–Crippen MR) is 91.9 cm³/mol. The summed E-state index contributed by atoms with van der Waals surface area (Å²) >= 11 is 7.34. The van der Waals surface area contributed by atoms with Crippen LogP contribution in [0.3, 0.4) is 0 Å². The van der Waals surface area contributed by atoms with Crippen molar-refractivity contribution in [2.24, 2.45) is 0 Å². The number of halogens is 1. The topological polar surface area (TPSA) is 0 Å². The molecule has 0 aliphatic rings. The Bertz CT molecular complexity index is 183. The van der Waals surface area contributed by atoms with Crippen molar-refractivity contribution in [2.75, 3.05) is 24.6 Å². The Morgan fingerprint density at radius 3 is 1.39 bits per heavy atom. The third-order valence-electron chi connectivity index (χ3n) is 4.17. The molecule has 0 saturated carbocycles. The zero-order chi connectivity index (χ0) is 13.9. The molecule has 0 amide bonds. The van der Waals surface area contributed by atoms with Crippen molar-refractivity contribution in [3.8, 4) is 0 Å². The predicted octanol–water partition coefficient (Wildman–Crippen LogP) is 6.89. The van der Waals surface area contributed by atoms with Gasteiger partial charge >= 0.3 is 121 Å². The summed E-state index contributed by atoms with van der Waals surface area (Å²) in [5.41, 5.74) is 0. The van der Waals surface area contributed by atoms with E-state index >= 15 is 0 Å². The minimum absolute atomic E-state index is 1.27. The van der Waals surface area contributed by atoms with Crippen molar-refractivity contribution in [2.45, 2.75) is 79.1 Å². The first-order chi connectivity index (χ1) is 8.54. The van der Waals surface area contributed by atoms with Crippen LogP contribution in [0.4, 0.5) is 0 Å². The fourth-order valence-corrected chi connectivity index (χ4v) is 11.0. The number of hydrogen-bond acceptors (Lipinski definition) is 0. The van der Waals surface area contributed by atoms with E-state index in [9.17, 15) is 0 Å². The Morgan fingerprint density at radius 2 is 1.00 bits per heavy atom. The zero-order valence-corrected chi connectivity index (χ0v) is 15.0. The van der Waals surface area contributed by atoms with Crippen LogP contribution in [-0.4, -0.2) is 24.6 Å². The molecule has 0 aromatic heterocycles. The Kier molecular flexibility index (Phi) is 9.98. The van der Waals surface area contributed by atoms with Crippen molar-refractivity contribution in [1.29, 1.82) is 0 Å². The van der Waals surface area contributed by atoms with E-state index in [1.54, 1.807) is 0 Å². The quantitative estimate of drug-likeness (QED) is 0.271. The summed E-state index contributed by atoms with van der Waals surface area (Å²) in [6.07, 6.45) is 16.1. The Balaban J connectivity index is 4.42. The fraction of sp³-hybridized carbons (Fsp3) is 1.00. The maximum absolute atomic E-state index is 7.34. The number of rotatable bonds is 12. The molecule has 18 heavy (non-hydrogen) atoms. The van der Waals surface area contributed by atoms with Gasteiger partial charge in [-0.3, -0.25) is 0 Å². The Morgan fingerprint density at radius 1 is 0.556 bits per heavy atom. The van der Waals surface area contributed by atoms with Crippen LogP contribution in [0.5, 0.6) is 0 Å². The van der Waals surface area contributed by atoms with Crippen LogP contribution < -0.4 is 0 Å². The molecule has 0 unspecified atom stereocenters. The summed E-state index contributed by atoms with van der Waals surface area (Å²) in [4.78, 5) is 0. The summed E-state index contributed by atoms with van der Waals surface area (Å²) in [6.45, 7) is 9.22. The van der Waals surface area contributed by atoms with Crippen LogP contribution in [0, 0.1) is 0 Å². The van der Waals surface area contributed by atoms with Crippen LogP contribution in [0.2, 0.25) is 0 Å². The third kappa shape index (κ3) is 6.76. The van der Waals surface area contributed by atoms with Gasteiger partial charge in [-0.05, 0) is 0 Å². The molecular weight excluding hydrogens is 259 g/mol. The summed E-state index contributed by atoms with van der Waals surface area (Å²) in [5.74, 6) is -1.86. The van der Waals surface area contributed by atoms with Gasteiger partial charge in [-0.1, -0.05) is 0 Å². The van der Waals surface area contributed by atoms with E-state index in [2.05, 4.69) is 27.7 Å². The Labute approximate surface area is 121 Å². The van der Waals surface area contributed by atoms with Crippen molar-refractivity contribution < 1.29 is 0 Å². The summed E-state index contributed by atoms with van der Waals surface area (Å²) in [5, 5.41) is 0.